The van der Waals surface area contributed by atoms with Gasteiger partial charge in [0.1, 0.15) is 5.75 Å². The maximum absolute atomic E-state index is 12.5. The summed E-state index contributed by atoms with van der Waals surface area (Å²) in [6.45, 7) is 7.15. The lowest BCUT2D eigenvalue weighted by Gasteiger charge is -2.36. The van der Waals surface area contributed by atoms with E-state index in [1.54, 1.807) is 18.9 Å². The number of carbonyl (C=O) groups excluding carboxylic acids is 2. The number of methoxy groups -OCH3 is 1. The van der Waals surface area contributed by atoms with Crippen LogP contribution in [0.1, 0.15) is 24.0 Å². The van der Waals surface area contributed by atoms with Gasteiger partial charge in [0.15, 0.2) is 0 Å². The highest BCUT2D eigenvalue weighted by molar-refractivity contribution is 7.99. The Bertz CT molecular complexity index is 889. The molecular formula is C25H33N3O3S. The van der Waals surface area contributed by atoms with Crippen LogP contribution in [0.5, 0.6) is 5.75 Å². The van der Waals surface area contributed by atoms with Crippen molar-refractivity contribution in [1.82, 2.24) is 4.90 Å². The molecule has 0 aliphatic carbocycles. The first kappa shape index (κ1) is 24.0. The molecule has 1 fully saturated rings. The molecule has 3 rings (SSSR count). The van der Waals surface area contributed by atoms with Crippen molar-refractivity contribution in [3.8, 4) is 5.75 Å². The van der Waals surface area contributed by atoms with Crippen molar-refractivity contribution >= 4 is 35.0 Å². The third kappa shape index (κ3) is 6.66. The molecule has 2 aromatic rings. The number of rotatable bonds is 9. The number of carbonyl (C=O) groups is 2. The molecule has 1 aliphatic rings. The summed E-state index contributed by atoms with van der Waals surface area (Å²) in [5.41, 5.74) is 4.22. The van der Waals surface area contributed by atoms with Crippen LogP contribution in [-0.2, 0) is 9.59 Å². The Hall–Kier alpha value is -2.67. The van der Waals surface area contributed by atoms with E-state index < -0.39 is 0 Å². The first-order chi connectivity index (χ1) is 15.5. The van der Waals surface area contributed by atoms with Gasteiger partial charge in [-0.15, -0.1) is 0 Å². The van der Waals surface area contributed by atoms with Crippen molar-refractivity contribution in [3.63, 3.8) is 0 Å². The topological polar surface area (TPSA) is 61.9 Å². The largest absolute Gasteiger partial charge is 0.497 e. The van der Waals surface area contributed by atoms with Crippen molar-refractivity contribution in [2.75, 3.05) is 55.0 Å². The Kier molecular flexibility index (Phi) is 8.85. The molecule has 32 heavy (non-hydrogen) atoms. The van der Waals surface area contributed by atoms with Gasteiger partial charge in [-0.3, -0.25) is 9.59 Å². The third-order valence-electron chi connectivity index (χ3n) is 5.73. The molecule has 1 N–H and O–H groups in total. The summed E-state index contributed by atoms with van der Waals surface area (Å²) in [6.07, 6.45) is 1.23. The van der Waals surface area contributed by atoms with Crippen LogP contribution in [-0.4, -0.2) is 61.5 Å². The fraction of sp³-hybridized carbons (Fsp3) is 0.440. The van der Waals surface area contributed by atoms with Crippen molar-refractivity contribution in [1.29, 1.82) is 0 Å². The number of thioether (sulfide) groups is 1. The van der Waals surface area contributed by atoms with Gasteiger partial charge >= 0.3 is 0 Å². The van der Waals surface area contributed by atoms with Crippen LogP contribution in [0.3, 0.4) is 0 Å². The lowest BCUT2D eigenvalue weighted by Crippen LogP contribution is -2.49. The summed E-state index contributed by atoms with van der Waals surface area (Å²) < 4.78 is 5.21. The monoisotopic (exact) mass is 455 g/mol. The van der Waals surface area contributed by atoms with E-state index in [0.717, 1.165) is 66.6 Å². The molecule has 1 saturated heterocycles. The van der Waals surface area contributed by atoms with Crippen molar-refractivity contribution in [2.24, 2.45) is 0 Å². The second-order valence-electron chi connectivity index (χ2n) is 8.04. The van der Waals surface area contributed by atoms with Gasteiger partial charge in [0.2, 0.25) is 11.8 Å². The van der Waals surface area contributed by atoms with Crippen LogP contribution in [0.15, 0.2) is 42.5 Å². The number of anilines is 2. The number of para-hydroxylation sites is 1. The zero-order valence-electron chi connectivity index (χ0n) is 19.2. The molecule has 2 aromatic carbocycles. The summed E-state index contributed by atoms with van der Waals surface area (Å²) in [6, 6.07) is 14.0. The molecule has 0 unspecified atom stereocenters. The maximum Gasteiger partial charge on any atom is 0.232 e. The van der Waals surface area contributed by atoms with Gasteiger partial charge in [0.05, 0.1) is 12.9 Å². The van der Waals surface area contributed by atoms with E-state index in [1.165, 1.54) is 0 Å². The minimum Gasteiger partial charge on any atom is -0.497 e. The number of ether oxygens (including phenoxy) is 1. The highest BCUT2D eigenvalue weighted by atomic mass is 32.2. The van der Waals surface area contributed by atoms with Gasteiger partial charge < -0.3 is 19.9 Å². The Morgan fingerprint density at radius 2 is 1.66 bits per heavy atom. The number of hydrogen-bond acceptors (Lipinski definition) is 5. The lowest BCUT2D eigenvalue weighted by molar-refractivity contribution is -0.128. The third-order valence-corrected chi connectivity index (χ3v) is 6.76. The quantitative estimate of drug-likeness (QED) is 0.577. The van der Waals surface area contributed by atoms with Gasteiger partial charge in [-0.2, -0.15) is 11.8 Å². The molecule has 0 radical (unpaired) electrons. The van der Waals surface area contributed by atoms with Crippen molar-refractivity contribution < 1.29 is 14.3 Å². The minimum atomic E-state index is 0.0315. The van der Waals surface area contributed by atoms with E-state index in [-0.39, 0.29) is 11.8 Å². The van der Waals surface area contributed by atoms with Crippen molar-refractivity contribution in [2.45, 2.75) is 26.7 Å². The number of nitrogens with one attached hydrogen (secondary N) is 1. The van der Waals surface area contributed by atoms with E-state index in [2.05, 4.69) is 22.3 Å². The summed E-state index contributed by atoms with van der Waals surface area (Å²) in [5, 5.41) is 3.02. The van der Waals surface area contributed by atoms with Gasteiger partial charge in [0.25, 0.3) is 0 Å². The summed E-state index contributed by atoms with van der Waals surface area (Å²) in [4.78, 5) is 29.0. The van der Waals surface area contributed by atoms with E-state index in [0.29, 0.717) is 12.2 Å². The standard InChI is InChI=1S/C25H33N3O3S/c1-19-6-4-7-20(2)25(19)26-23(29)8-5-17-32-18-24(30)28-15-13-27(14-16-28)21-9-11-22(31-3)12-10-21/h4,6-7,9-12H,5,8,13-18H2,1-3H3,(H,26,29). The number of benzene rings is 2. The SMILES string of the molecule is COc1ccc(N2CCN(C(=O)CSCCCC(=O)Nc3c(C)cccc3C)CC2)cc1. The first-order valence-electron chi connectivity index (χ1n) is 11.1. The minimum absolute atomic E-state index is 0.0315. The second-order valence-corrected chi connectivity index (χ2v) is 9.14. The number of piperazine rings is 1. The molecule has 1 aliphatic heterocycles. The van der Waals surface area contributed by atoms with Gasteiger partial charge in [-0.05, 0) is 61.4 Å². The smallest absolute Gasteiger partial charge is 0.232 e. The number of amides is 2. The van der Waals surface area contributed by atoms with Crippen LogP contribution >= 0.6 is 11.8 Å². The van der Waals surface area contributed by atoms with Crippen LogP contribution in [0.25, 0.3) is 0 Å². The van der Waals surface area contributed by atoms with Gasteiger partial charge in [-0.25, -0.2) is 0 Å². The summed E-state index contributed by atoms with van der Waals surface area (Å²) in [7, 11) is 1.67. The lowest BCUT2D eigenvalue weighted by atomic mass is 10.1. The molecular weight excluding hydrogens is 422 g/mol. The average Bonchev–Trinajstić information content (AvgIpc) is 2.81. The molecule has 2 amide bonds. The van der Waals surface area contributed by atoms with E-state index in [9.17, 15) is 9.59 Å². The molecule has 0 aromatic heterocycles. The molecule has 172 valence electrons. The van der Waals surface area contributed by atoms with Crippen molar-refractivity contribution in [3.05, 3.63) is 53.6 Å². The highest BCUT2D eigenvalue weighted by Gasteiger charge is 2.21. The second kappa shape index (κ2) is 11.8. The fourth-order valence-electron chi connectivity index (χ4n) is 3.81. The molecule has 0 bridgehead atoms. The molecule has 1 heterocycles. The van der Waals surface area contributed by atoms with E-state index in [1.807, 2.05) is 49.1 Å². The van der Waals surface area contributed by atoms with Gasteiger partial charge in [0, 0.05) is 44.0 Å². The highest BCUT2D eigenvalue weighted by Crippen LogP contribution is 2.21. The number of aryl methyl sites for hydroxylation is 2. The Balaban J connectivity index is 1.31. The average molecular weight is 456 g/mol. The van der Waals surface area contributed by atoms with Gasteiger partial charge in [-0.1, -0.05) is 18.2 Å². The Morgan fingerprint density at radius 1 is 1.00 bits per heavy atom. The zero-order chi connectivity index (χ0) is 22.9. The summed E-state index contributed by atoms with van der Waals surface area (Å²) >= 11 is 1.61. The van der Waals surface area contributed by atoms with Crippen LogP contribution in [0.4, 0.5) is 11.4 Å². The van der Waals surface area contributed by atoms with Crippen LogP contribution in [0.2, 0.25) is 0 Å². The molecule has 0 atom stereocenters. The maximum atomic E-state index is 12.5. The predicted molar refractivity (Wildman–Crippen MR) is 133 cm³/mol. The summed E-state index contributed by atoms with van der Waals surface area (Å²) in [5.74, 6) is 2.34. The van der Waals surface area contributed by atoms with E-state index >= 15 is 0 Å². The fourth-order valence-corrected chi connectivity index (χ4v) is 4.66. The van der Waals surface area contributed by atoms with Crippen LogP contribution in [0, 0.1) is 13.8 Å². The number of hydrogen-bond donors (Lipinski definition) is 1. The molecule has 0 saturated carbocycles. The first-order valence-corrected chi connectivity index (χ1v) is 12.2. The zero-order valence-corrected chi connectivity index (χ0v) is 20.0. The van der Waals surface area contributed by atoms with Crippen LogP contribution < -0.4 is 15.0 Å². The predicted octanol–water partition coefficient (Wildman–Crippen LogP) is 4.11. The number of nitrogens with zero attached hydrogens (tertiary/aromatic N) is 2. The van der Waals surface area contributed by atoms with E-state index in [4.69, 9.17) is 4.74 Å². The molecule has 7 heteroatoms. The molecule has 6 nitrogen and oxygen atoms in total. The Morgan fingerprint density at radius 3 is 2.28 bits per heavy atom. The molecule has 0 spiro atoms. The normalized spacial score (nSPS) is 13.7. The Labute approximate surface area is 195 Å².